The van der Waals surface area contributed by atoms with Crippen LogP contribution in [0.1, 0.15) is 99.3 Å². The third-order valence-electron chi connectivity index (χ3n) is 3.49. The summed E-state index contributed by atoms with van der Waals surface area (Å²) in [5.41, 5.74) is 0. The van der Waals surface area contributed by atoms with E-state index in [2.05, 4.69) is 20.8 Å². The molecular weight excluding hydrogens is 437 g/mol. The van der Waals surface area contributed by atoms with Gasteiger partial charge in [0.25, 0.3) is 0 Å². The molecular formula is C21H48O6Y. The van der Waals surface area contributed by atoms with Crippen LogP contribution in [0.15, 0.2) is 0 Å². The van der Waals surface area contributed by atoms with Crippen LogP contribution in [0.2, 0.25) is 0 Å². The van der Waals surface area contributed by atoms with E-state index in [0.717, 1.165) is 57.8 Å². The Hall–Kier alpha value is 0.864. The average molecular weight is 486 g/mol. The van der Waals surface area contributed by atoms with Gasteiger partial charge in [0, 0.05) is 52.5 Å². The molecule has 0 aromatic carbocycles. The molecule has 3 unspecified atom stereocenters. The molecule has 0 fully saturated rings. The fourth-order valence-corrected chi connectivity index (χ4v) is 1.96. The normalized spacial score (nSPS) is 13.2. The molecule has 0 aromatic heterocycles. The van der Waals surface area contributed by atoms with Gasteiger partial charge in [-0.25, -0.2) is 0 Å². The van der Waals surface area contributed by atoms with E-state index < -0.39 is 18.9 Å². The van der Waals surface area contributed by atoms with E-state index in [-0.39, 0.29) is 32.7 Å². The fourth-order valence-electron chi connectivity index (χ4n) is 1.96. The summed E-state index contributed by atoms with van der Waals surface area (Å²) in [5.74, 6) is 0. The van der Waals surface area contributed by atoms with Crippen LogP contribution in [0.4, 0.5) is 0 Å². The van der Waals surface area contributed by atoms with Gasteiger partial charge in [0.05, 0.1) is 0 Å². The number of ether oxygens (including phenoxy) is 3. The SMILES string of the molecule is CCCCC(O)OCC.CCCCC(O)OCC.CCCCC(O)OCC.[Y]. The first-order chi connectivity index (χ1) is 12.9. The molecule has 0 heterocycles. The zero-order chi connectivity index (χ0) is 21.3. The van der Waals surface area contributed by atoms with Crippen LogP contribution >= 0.6 is 0 Å². The molecule has 171 valence electrons. The van der Waals surface area contributed by atoms with Gasteiger partial charge in [-0.05, 0) is 59.3 Å². The predicted octanol–water partition coefficient (Wildman–Crippen LogP) is 4.59. The summed E-state index contributed by atoms with van der Waals surface area (Å²) < 4.78 is 14.7. The Balaban J connectivity index is -0.000000152. The third kappa shape index (κ3) is 37.6. The Morgan fingerprint density at radius 2 is 0.714 bits per heavy atom. The van der Waals surface area contributed by atoms with Crippen molar-refractivity contribution >= 4 is 0 Å². The van der Waals surface area contributed by atoms with Gasteiger partial charge in [-0.15, -0.1) is 0 Å². The maximum atomic E-state index is 8.96. The Labute approximate surface area is 199 Å². The molecule has 0 aliphatic carbocycles. The van der Waals surface area contributed by atoms with Gasteiger partial charge in [-0.3, -0.25) is 0 Å². The first kappa shape index (κ1) is 36.2. The third-order valence-corrected chi connectivity index (χ3v) is 3.49. The van der Waals surface area contributed by atoms with E-state index in [0.29, 0.717) is 19.8 Å². The molecule has 28 heavy (non-hydrogen) atoms. The summed E-state index contributed by atoms with van der Waals surface area (Å²) in [6.07, 6.45) is 7.18. The second-order valence-corrected chi connectivity index (χ2v) is 6.16. The summed E-state index contributed by atoms with van der Waals surface area (Å²) in [7, 11) is 0. The van der Waals surface area contributed by atoms with Crippen LogP contribution < -0.4 is 0 Å². The second kappa shape index (κ2) is 32.5. The average Bonchev–Trinajstić information content (AvgIpc) is 2.65. The molecule has 0 spiro atoms. The van der Waals surface area contributed by atoms with E-state index in [1.54, 1.807) is 0 Å². The van der Waals surface area contributed by atoms with Crippen molar-refractivity contribution in [2.24, 2.45) is 0 Å². The first-order valence-corrected chi connectivity index (χ1v) is 10.8. The van der Waals surface area contributed by atoms with Crippen molar-refractivity contribution in [2.75, 3.05) is 19.8 Å². The van der Waals surface area contributed by atoms with Crippen LogP contribution in [-0.2, 0) is 46.9 Å². The number of rotatable bonds is 15. The van der Waals surface area contributed by atoms with E-state index in [4.69, 9.17) is 29.5 Å². The monoisotopic (exact) mass is 485 g/mol. The standard InChI is InChI=1S/3C7H16O2.Y/c3*1-3-5-6-7(8)9-4-2;/h3*7-8H,3-6H2,1-2H3;. The maximum absolute atomic E-state index is 8.96. The number of aliphatic hydroxyl groups is 3. The van der Waals surface area contributed by atoms with Gasteiger partial charge in [0.2, 0.25) is 0 Å². The summed E-state index contributed by atoms with van der Waals surface area (Å²) in [6, 6.07) is 0. The maximum Gasteiger partial charge on any atom is 0.154 e. The Bertz CT molecular complexity index is 209. The van der Waals surface area contributed by atoms with Gasteiger partial charge in [-0.1, -0.05) is 40.0 Å². The van der Waals surface area contributed by atoms with E-state index in [1.807, 2.05) is 20.8 Å². The van der Waals surface area contributed by atoms with Crippen LogP contribution in [0.3, 0.4) is 0 Å². The molecule has 7 heteroatoms. The van der Waals surface area contributed by atoms with Gasteiger partial charge >= 0.3 is 0 Å². The summed E-state index contributed by atoms with van der Waals surface area (Å²) in [4.78, 5) is 0. The smallest absolute Gasteiger partial charge is 0.154 e. The van der Waals surface area contributed by atoms with Crippen LogP contribution in [-0.4, -0.2) is 54.0 Å². The number of hydrogen-bond acceptors (Lipinski definition) is 6. The van der Waals surface area contributed by atoms with Crippen molar-refractivity contribution in [3.05, 3.63) is 0 Å². The number of aliphatic hydroxyl groups excluding tert-OH is 3. The largest absolute Gasteiger partial charge is 0.368 e. The topological polar surface area (TPSA) is 88.4 Å². The van der Waals surface area contributed by atoms with Crippen molar-refractivity contribution in [3.8, 4) is 0 Å². The number of unbranched alkanes of at least 4 members (excludes halogenated alkanes) is 3. The van der Waals surface area contributed by atoms with Crippen LogP contribution in [0.5, 0.6) is 0 Å². The van der Waals surface area contributed by atoms with Gasteiger partial charge in [0.15, 0.2) is 18.9 Å². The minimum atomic E-state index is -0.532. The first-order valence-electron chi connectivity index (χ1n) is 10.8. The predicted molar refractivity (Wildman–Crippen MR) is 111 cm³/mol. The molecule has 0 amide bonds. The summed E-state index contributed by atoms with van der Waals surface area (Å²) in [5, 5.41) is 26.9. The van der Waals surface area contributed by atoms with Crippen molar-refractivity contribution in [1.29, 1.82) is 0 Å². The van der Waals surface area contributed by atoms with E-state index >= 15 is 0 Å². The van der Waals surface area contributed by atoms with Gasteiger partial charge in [0.1, 0.15) is 0 Å². The second-order valence-electron chi connectivity index (χ2n) is 6.16. The number of hydrogen-bond donors (Lipinski definition) is 3. The molecule has 0 saturated heterocycles. The van der Waals surface area contributed by atoms with E-state index in [9.17, 15) is 0 Å². The van der Waals surface area contributed by atoms with Crippen molar-refractivity contribution in [3.63, 3.8) is 0 Å². The van der Waals surface area contributed by atoms with Crippen LogP contribution in [0.25, 0.3) is 0 Å². The molecule has 0 aromatic rings. The molecule has 3 N–H and O–H groups in total. The van der Waals surface area contributed by atoms with E-state index in [1.165, 1.54) is 0 Å². The Kier molecular flexibility index (Phi) is 42.1. The summed E-state index contributed by atoms with van der Waals surface area (Å²) >= 11 is 0. The quantitative estimate of drug-likeness (QED) is 0.294. The van der Waals surface area contributed by atoms with Crippen LogP contribution in [0, 0.1) is 0 Å². The molecule has 0 bridgehead atoms. The minimum absolute atomic E-state index is 0. The molecule has 0 aliphatic heterocycles. The molecule has 3 atom stereocenters. The van der Waals surface area contributed by atoms with Crippen molar-refractivity contribution in [1.82, 2.24) is 0 Å². The molecule has 0 saturated carbocycles. The zero-order valence-electron chi connectivity index (χ0n) is 19.4. The van der Waals surface area contributed by atoms with Gasteiger partial charge < -0.3 is 29.5 Å². The van der Waals surface area contributed by atoms with Crippen molar-refractivity contribution < 1.29 is 62.2 Å². The molecule has 6 nitrogen and oxygen atoms in total. The Morgan fingerprint density at radius 1 is 0.500 bits per heavy atom. The molecule has 0 rings (SSSR count). The fraction of sp³-hybridized carbons (Fsp3) is 1.00. The molecule has 0 aliphatic rings. The van der Waals surface area contributed by atoms with Gasteiger partial charge in [-0.2, -0.15) is 0 Å². The zero-order valence-corrected chi connectivity index (χ0v) is 22.2. The minimum Gasteiger partial charge on any atom is -0.368 e. The Morgan fingerprint density at radius 3 is 0.857 bits per heavy atom. The van der Waals surface area contributed by atoms with Crippen molar-refractivity contribution in [2.45, 2.75) is 118 Å². The summed E-state index contributed by atoms with van der Waals surface area (Å²) in [6.45, 7) is 13.7. The molecule has 1 radical (unpaired) electrons.